The number of alkyl halides is 2. The predicted molar refractivity (Wildman–Crippen MR) is 54.1 cm³/mol. The van der Waals surface area contributed by atoms with Crippen LogP contribution in [-0.2, 0) is 0 Å². The molecule has 0 atom stereocenters. The Morgan fingerprint density at radius 3 is 1.67 bits per heavy atom. The van der Waals surface area contributed by atoms with E-state index in [2.05, 4.69) is 48.5 Å². The van der Waals surface area contributed by atoms with Gasteiger partial charge in [-0.15, -0.1) is 0 Å². The van der Waals surface area contributed by atoms with Crippen LogP contribution in [0.1, 0.15) is 0 Å². The van der Waals surface area contributed by atoms with Crippen molar-refractivity contribution in [2.45, 2.75) is 0 Å². The van der Waals surface area contributed by atoms with Gasteiger partial charge in [0, 0.05) is 0 Å². The molecule has 0 amide bonds. The number of fused-ring (bicyclic) bond motifs is 3. The maximum atomic E-state index is 2.33. The summed E-state index contributed by atoms with van der Waals surface area (Å²) in [5.41, 5.74) is 3.02. The molecule has 78 valence electrons. The van der Waals surface area contributed by atoms with Gasteiger partial charge in [0.2, 0.25) is 0 Å². The Hall–Kier alpha value is -0.100. The van der Waals surface area contributed by atoms with Gasteiger partial charge in [0.15, 0.2) is 0 Å². The van der Waals surface area contributed by atoms with Crippen molar-refractivity contribution in [2.75, 3.05) is 2.43 Å². The van der Waals surface area contributed by atoms with Crippen LogP contribution < -0.4 is 42.4 Å². The van der Waals surface area contributed by atoms with Gasteiger partial charge in [-0.05, 0) is 0 Å². The van der Waals surface area contributed by atoms with E-state index in [0.29, 0.717) is 0 Å². The average molecular weight is 420 g/mol. The first-order valence-electron chi connectivity index (χ1n) is 4.82. The Kier molecular flexibility index (Phi) is 2.96. The summed E-state index contributed by atoms with van der Waals surface area (Å²) in [5, 5.41) is 0. The van der Waals surface area contributed by atoms with Gasteiger partial charge >= 0.3 is 112 Å². The van der Waals surface area contributed by atoms with Crippen LogP contribution in [0.3, 0.4) is 0 Å². The molecule has 3 rings (SSSR count). The maximum absolute atomic E-state index is 2.33. The van der Waals surface area contributed by atoms with Crippen LogP contribution in [-0.4, -0.2) is 2.43 Å². The van der Waals surface area contributed by atoms with E-state index in [1.54, 1.807) is 7.14 Å². The first-order valence-corrected chi connectivity index (χ1v) is 10.0. The third kappa shape index (κ3) is 1.93. The number of hydrogen-bond acceptors (Lipinski definition) is 0. The third-order valence-electron chi connectivity index (χ3n) is 2.43. The zero-order valence-corrected chi connectivity index (χ0v) is 12.4. The predicted octanol–water partition coefficient (Wildman–Crippen LogP) is -3.16. The first kappa shape index (κ1) is 10.1. The van der Waals surface area contributed by atoms with Crippen LogP contribution in [0.5, 0.6) is 0 Å². The van der Waals surface area contributed by atoms with Gasteiger partial charge < -0.3 is 0 Å². The molecule has 0 radical (unpaired) electrons. The molecule has 0 saturated carbocycles. The van der Waals surface area contributed by atoms with Crippen LogP contribution in [0.2, 0.25) is 0 Å². The fourth-order valence-electron chi connectivity index (χ4n) is 1.73. The van der Waals surface area contributed by atoms with E-state index >= 15 is 0 Å². The Labute approximate surface area is 111 Å². The Bertz CT molecular complexity index is 446. The van der Waals surface area contributed by atoms with Crippen molar-refractivity contribution in [1.29, 1.82) is 0 Å². The molecule has 0 nitrogen and oxygen atoms in total. The Morgan fingerprint density at radius 1 is 0.667 bits per heavy atom. The van der Waals surface area contributed by atoms with E-state index in [1.807, 2.05) is 0 Å². The van der Waals surface area contributed by atoms with Gasteiger partial charge in [0.05, 0.1) is 0 Å². The summed E-state index contributed by atoms with van der Waals surface area (Å²) in [4.78, 5) is 0. The molecule has 1 aliphatic heterocycles. The molecule has 0 bridgehead atoms. The summed E-state index contributed by atoms with van der Waals surface area (Å²) in [6, 6.07) is 18.0. The number of benzene rings is 2. The molecule has 2 heteroatoms. The van der Waals surface area contributed by atoms with Crippen molar-refractivity contribution in [3.8, 4) is 11.1 Å². The van der Waals surface area contributed by atoms with Crippen LogP contribution in [0, 0.1) is 7.14 Å². The van der Waals surface area contributed by atoms with E-state index in [4.69, 9.17) is 0 Å². The molecule has 0 N–H and O–H groups in total. The zero-order chi connectivity index (χ0) is 10.1. The van der Waals surface area contributed by atoms with Crippen molar-refractivity contribution in [2.24, 2.45) is 0 Å². The number of rotatable bonds is 0. The molecule has 2 aromatic rings. The molecule has 0 unspecified atom stereocenters. The molecular weight excluding hydrogens is 410 g/mol. The van der Waals surface area contributed by atoms with Crippen molar-refractivity contribution in [3.63, 3.8) is 0 Å². The van der Waals surface area contributed by atoms with E-state index in [9.17, 15) is 0 Å². The van der Waals surface area contributed by atoms with Gasteiger partial charge in [-0.25, -0.2) is 0 Å². The fourth-order valence-corrected chi connectivity index (χ4v) is 10.3. The van der Waals surface area contributed by atoms with Gasteiger partial charge in [0.25, 0.3) is 0 Å². The molecule has 2 aromatic carbocycles. The van der Waals surface area contributed by atoms with Gasteiger partial charge in [-0.2, -0.15) is 0 Å². The standard InChI is InChI=1S/C13H10I2/c1-3-7-12-10(5-1)11-6-2-4-8-13(11)15-9-14-12/h1-8H,9H2/q-2. The Morgan fingerprint density at radius 2 is 1.13 bits per heavy atom. The van der Waals surface area contributed by atoms with Crippen molar-refractivity contribution >= 4 is 0 Å². The van der Waals surface area contributed by atoms with Crippen LogP contribution in [0.15, 0.2) is 48.5 Å². The molecule has 15 heavy (non-hydrogen) atoms. The summed E-state index contributed by atoms with van der Waals surface area (Å²) >= 11 is 0.536. The fraction of sp³-hybridized carbons (Fsp3) is 0.0769. The van der Waals surface area contributed by atoms with Gasteiger partial charge in [0.1, 0.15) is 0 Å². The number of hydrogen-bond donors (Lipinski definition) is 0. The number of halogens is 2. The van der Waals surface area contributed by atoms with Gasteiger partial charge in [-0.3, -0.25) is 0 Å². The summed E-state index contributed by atoms with van der Waals surface area (Å²) in [6.07, 6.45) is 0. The monoisotopic (exact) mass is 420 g/mol. The zero-order valence-electron chi connectivity index (χ0n) is 8.08. The molecule has 1 aliphatic rings. The quantitative estimate of drug-likeness (QED) is 0.312. The molecule has 0 aliphatic carbocycles. The summed E-state index contributed by atoms with van der Waals surface area (Å²) in [6.45, 7) is 0. The summed E-state index contributed by atoms with van der Waals surface area (Å²) in [7, 11) is 0. The van der Waals surface area contributed by atoms with Gasteiger partial charge in [-0.1, -0.05) is 0 Å². The SMILES string of the molecule is c1ccc2c(c1)[I-]C[I-]c1ccccc1-2. The third-order valence-corrected chi connectivity index (χ3v) is 10.4. The summed E-state index contributed by atoms with van der Waals surface area (Å²) < 4.78 is 4.77. The molecule has 1 heterocycles. The van der Waals surface area contributed by atoms with E-state index in [-0.39, 0.29) is 42.4 Å². The van der Waals surface area contributed by atoms with E-state index in [1.165, 1.54) is 13.6 Å². The molecule has 0 saturated heterocycles. The van der Waals surface area contributed by atoms with E-state index in [0.717, 1.165) is 0 Å². The minimum atomic E-state index is 0.268. The average Bonchev–Trinajstić information content (AvgIpc) is 2.48. The normalized spacial score (nSPS) is 14.9. The van der Waals surface area contributed by atoms with Crippen molar-refractivity contribution in [3.05, 3.63) is 55.7 Å². The second-order valence-electron chi connectivity index (χ2n) is 3.33. The van der Waals surface area contributed by atoms with Crippen molar-refractivity contribution < 1.29 is 42.4 Å². The van der Waals surface area contributed by atoms with E-state index < -0.39 is 0 Å². The topological polar surface area (TPSA) is 0 Å². The molecular formula is C13H10I2-2. The molecule has 0 aromatic heterocycles. The van der Waals surface area contributed by atoms with Crippen LogP contribution >= 0.6 is 0 Å². The van der Waals surface area contributed by atoms with Crippen LogP contribution in [0.25, 0.3) is 11.1 Å². The minimum absolute atomic E-state index is 0.268. The summed E-state index contributed by atoms with van der Waals surface area (Å²) in [5.74, 6) is 0. The van der Waals surface area contributed by atoms with Crippen LogP contribution in [0.4, 0.5) is 0 Å². The Balaban J connectivity index is 2.27. The molecule has 0 fully saturated rings. The first-order chi connectivity index (χ1) is 7.45. The second-order valence-corrected chi connectivity index (χ2v) is 11.6. The molecule has 0 spiro atoms. The second kappa shape index (κ2) is 4.41. The van der Waals surface area contributed by atoms with Crippen molar-refractivity contribution in [1.82, 2.24) is 0 Å².